The molecule has 5 aliphatic rings. The summed E-state index contributed by atoms with van der Waals surface area (Å²) in [6, 6.07) is 3.55. The summed E-state index contributed by atoms with van der Waals surface area (Å²) >= 11 is 0. The Balaban J connectivity index is 1.06. The second-order valence-corrected chi connectivity index (χ2v) is 14.7. The standard InChI is InChI=1S/C33H50N2O6/c1-21(36)19-35-16-11-24(12-17-35)34-30(38)41-25-8-13-31(2)23(18-25)5-6-28-27(31)9-14-32(3)26(10-15-33(28,32)39)22-4-7-29(37)40-20-22/h4,7,20-21,23-28,36,39H,5-6,8-19H2,1-3H3,(H,34,38)/t21?,23-,25+,26-,27+,28-,31+,32-,33+/m1/s1. The molecule has 1 amide bonds. The molecule has 1 aromatic heterocycles. The number of likely N-dealkylation sites (tertiary alicyclic amines) is 1. The summed E-state index contributed by atoms with van der Waals surface area (Å²) in [7, 11) is 0. The number of alkyl carbamates (subject to hydrolysis) is 1. The van der Waals surface area contributed by atoms with Gasteiger partial charge in [0, 0.05) is 37.2 Å². The van der Waals surface area contributed by atoms with Crippen LogP contribution >= 0.6 is 0 Å². The van der Waals surface area contributed by atoms with Crippen molar-refractivity contribution >= 4 is 6.09 Å². The minimum atomic E-state index is -0.706. The second kappa shape index (κ2) is 11.0. The highest BCUT2D eigenvalue weighted by Crippen LogP contribution is 2.70. The predicted molar refractivity (Wildman–Crippen MR) is 155 cm³/mol. The lowest BCUT2D eigenvalue weighted by molar-refractivity contribution is -0.205. The third-order valence-corrected chi connectivity index (χ3v) is 12.6. The lowest BCUT2D eigenvalue weighted by Crippen LogP contribution is -2.62. The number of fused-ring (bicyclic) bond motifs is 5. The maximum Gasteiger partial charge on any atom is 0.407 e. The topological polar surface area (TPSA) is 112 Å². The van der Waals surface area contributed by atoms with Gasteiger partial charge in [-0.3, -0.25) is 0 Å². The number of carbonyl (C=O) groups is 1. The highest BCUT2D eigenvalue weighted by Gasteiger charge is 2.67. The Kier molecular flexibility index (Phi) is 7.82. The van der Waals surface area contributed by atoms with Crippen molar-refractivity contribution in [1.82, 2.24) is 10.2 Å². The van der Waals surface area contributed by atoms with Gasteiger partial charge in [0.1, 0.15) is 6.10 Å². The van der Waals surface area contributed by atoms with Crippen LogP contribution in [-0.2, 0) is 4.74 Å². The van der Waals surface area contributed by atoms with Crippen LogP contribution < -0.4 is 10.9 Å². The molecule has 8 heteroatoms. The van der Waals surface area contributed by atoms with Gasteiger partial charge in [0.2, 0.25) is 0 Å². The lowest BCUT2D eigenvalue weighted by Gasteiger charge is -2.63. The fourth-order valence-electron chi connectivity index (χ4n) is 10.4. The van der Waals surface area contributed by atoms with Crippen LogP contribution in [-0.4, -0.2) is 64.7 Å². The maximum absolute atomic E-state index is 12.8. The van der Waals surface area contributed by atoms with E-state index in [1.165, 1.54) is 6.07 Å². The summed E-state index contributed by atoms with van der Waals surface area (Å²) < 4.78 is 11.2. The molecule has 4 aliphatic carbocycles. The Morgan fingerprint density at radius 1 is 1.07 bits per heavy atom. The van der Waals surface area contributed by atoms with Crippen molar-refractivity contribution in [3.8, 4) is 0 Å². The van der Waals surface area contributed by atoms with Gasteiger partial charge < -0.3 is 29.6 Å². The number of piperidine rings is 1. The Bertz CT molecular complexity index is 1140. The van der Waals surface area contributed by atoms with Crippen LogP contribution in [0.1, 0.15) is 103 Å². The molecule has 228 valence electrons. The van der Waals surface area contributed by atoms with Crippen molar-refractivity contribution in [2.45, 2.75) is 121 Å². The molecule has 3 N–H and O–H groups in total. The monoisotopic (exact) mass is 570 g/mol. The first-order chi connectivity index (χ1) is 19.5. The normalized spacial score (nSPS) is 42.0. The number of carbonyl (C=O) groups excluding carboxylic acids is 1. The Morgan fingerprint density at radius 3 is 2.56 bits per heavy atom. The molecule has 4 saturated carbocycles. The molecule has 2 heterocycles. The van der Waals surface area contributed by atoms with E-state index in [-0.39, 0.29) is 52.6 Å². The van der Waals surface area contributed by atoms with Gasteiger partial charge in [-0.15, -0.1) is 0 Å². The highest BCUT2D eigenvalue weighted by atomic mass is 16.6. The van der Waals surface area contributed by atoms with E-state index < -0.39 is 5.60 Å². The van der Waals surface area contributed by atoms with E-state index in [0.29, 0.717) is 18.4 Å². The van der Waals surface area contributed by atoms with Gasteiger partial charge in [-0.25, -0.2) is 9.59 Å². The van der Waals surface area contributed by atoms with Crippen LogP contribution in [0.3, 0.4) is 0 Å². The molecular weight excluding hydrogens is 520 g/mol. The number of nitrogens with zero attached hydrogens (tertiary/aromatic N) is 1. The van der Waals surface area contributed by atoms with Crippen molar-refractivity contribution in [2.24, 2.45) is 28.6 Å². The number of aliphatic hydroxyl groups excluding tert-OH is 1. The van der Waals surface area contributed by atoms with Crippen molar-refractivity contribution in [3.05, 3.63) is 34.4 Å². The van der Waals surface area contributed by atoms with Gasteiger partial charge in [0.25, 0.3) is 0 Å². The molecule has 0 aromatic carbocycles. The van der Waals surface area contributed by atoms with E-state index in [4.69, 9.17) is 9.15 Å². The third kappa shape index (κ3) is 5.16. The first kappa shape index (κ1) is 29.2. The molecule has 0 spiro atoms. The molecule has 41 heavy (non-hydrogen) atoms. The average Bonchev–Trinajstić information content (AvgIpc) is 3.21. The van der Waals surface area contributed by atoms with Crippen molar-refractivity contribution < 1.29 is 24.2 Å². The minimum absolute atomic E-state index is 0.0412. The number of aliphatic hydroxyl groups is 2. The zero-order valence-electron chi connectivity index (χ0n) is 25.1. The van der Waals surface area contributed by atoms with Gasteiger partial charge in [0.05, 0.1) is 18.0 Å². The summed E-state index contributed by atoms with van der Waals surface area (Å²) in [6.07, 6.45) is 11.5. The SMILES string of the molecule is CC(O)CN1CCC(NC(=O)O[C@H]2CC[C@@]3(C)[C@H](CC[C@@H]4[C@@H]3CC[C@]3(C)[C@@H](c5ccc(=O)oc5)CC[C@]43O)C2)CC1. The molecule has 9 atom stereocenters. The Labute approximate surface area is 244 Å². The van der Waals surface area contributed by atoms with E-state index in [2.05, 4.69) is 24.1 Å². The molecule has 8 nitrogen and oxygen atoms in total. The molecule has 0 bridgehead atoms. The van der Waals surface area contributed by atoms with Crippen LogP contribution in [0.4, 0.5) is 4.79 Å². The first-order valence-corrected chi connectivity index (χ1v) is 16.2. The van der Waals surface area contributed by atoms with Gasteiger partial charge in [-0.05, 0) is 118 Å². The van der Waals surface area contributed by atoms with Crippen molar-refractivity contribution in [2.75, 3.05) is 19.6 Å². The number of nitrogens with one attached hydrogen (secondary N) is 1. The molecular formula is C33H50N2O6. The quantitative estimate of drug-likeness (QED) is 0.465. The molecule has 1 aliphatic heterocycles. The van der Waals surface area contributed by atoms with E-state index in [9.17, 15) is 19.8 Å². The average molecular weight is 571 g/mol. The largest absolute Gasteiger partial charge is 0.446 e. The zero-order chi connectivity index (χ0) is 29.0. The van der Waals surface area contributed by atoms with Crippen LogP contribution in [0.15, 0.2) is 27.6 Å². The van der Waals surface area contributed by atoms with Crippen LogP contribution in [0.2, 0.25) is 0 Å². The summed E-state index contributed by atoms with van der Waals surface area (Å²) in [5.41, 5.74) is -0.0498. The summed E-state index contributed by atoms with van der Waals surface area (Å²) in [6.45, 7) is 9.00. The zero-order valence-corrected chi connectivity index (χ0v) is 25.1. The molecule has 0 radical (unpaired) electrons. The number of hydrogen-bond acceptors (Lipinski definition) is 7. The van der Waals surface area contributed by atoms with Crippen LogP contribution in [0.25, 0.3) is 0 Å². The third-order valence-electron chi connectivity index (χ3n) is 12.6. The fraction of sp³-hybridized carbons (Fsp3) is 0.818. The fourth-order valence-corrected chi connectivity index (χ4v) is 10.4. The molecule has 1 unspecified atom stereocenters. The molecule has 6 rings (SSSR count). The van der Waals surface area contributed by atoms with Crippen LogP contribution in [0.5, 0.6) is 0 Å². The predicted octanol–water partition coefficient (Wildman–Crippen LogP) is 4.82. The van der Waals surface area contributed by atoms with Gasteiger partial charge in [0.15, 0.2) is 0 Å². The Hall–Kier alpha value is -1.90. The van der Waals surface area contributed by atoms with E-state index in [0.717, 1.165) is 89.3 Å². The van der Waals surface area contributed by atoms with Crippen molar-refractivity contribution in [3.63, 3.8) is 0 Å². The summed E-state index contributed by atoms with van der Waals surface area (Å²) in [5.74, 6) is 1.47. The summed E-state index contributed by atoms with van der Waals surface area (Å²) in [5, 5.41) is 25.2. The second-order valence-electron chi connectivity index (χ2n) is 14.7. The number of amides is 1. The number of β-amino-alcohol motifs (C(OH)–C–C–N with tert-alkyl or cyclic N) is 1. The first-order valence-electron chi connectivity index (χ1n) is 16.2. The van der Waals surface area contributed by atoms with E-state index in [1.807, 2.05) is 13.0 Å². The van der Waals surface area contributed by atoms with Gasteiger partial charge >= 0.3 is 11.7 Å². The van der Waals surface area contributed by atoms with E-state index in [1.54, 1.807) is 6.26 Å². The Morgan fingerprint density at radius 2 is 1.85 bits per heavy atom. The molecule has 1 aromatic rings. The number of ether oxygens (including phenoxy) is 1. The number of rotatable bonds is 5. The van der Waals surface area contributed by atoms with Gasteiger partial charge in [-0.1, -0.05) is 13.8 Å². The smallest absolute Gasteiger partial charge is 0.407 e. The highest BCUT2D eigenvalue weighted by molar-refractivity contribution is 5.67. The lowest BCUT2D eigenvalue weighted by atomic mass is 9.43. The van der Waals surface area contributed by atoms with Crippen molar-refractivity contribution in [1.29, 1.82) is 0 Å². The molecule has 5 fully saturated rings. The molecule has 1 saturated heterocycles. The van der Waals surface area contributed by atoms with Crippen LogP contribution in [0, 0.1) is 28.6 Å². The number of hydrogen-bond donors (Lipinski definition) is 3. The maximum atomic E-state index is 12.8. The van der Waals surface area contributed by atoms with E-state index >= 15 is 0 Å². The minimum Gasteiger partial charge on any atom is -0.446 e. The van der Waals surface area contributed by atoms with Gasteiger partial charge in [-0.2, -0.15) is 0 Å². The summed E-state index contributed by atoms with van der Waals surface area (Å²) in [4.78, 5) is 26.7.